The van der Waals surface area contributed by atoms with Gasteiger partial charge in [-0.1, -0.05) is 0 Å². The van der Waals surface area contributed by atoms with Crippen molar-refractivity contribution in [1.29, 1.82) is 0 Å². The highest BCUT2D eigenvalue weighted by atomic mass is 32.2. The number of hydrogen-bond donors (Lipinski definition) is 1. The summed E-state index contributed by atoms with van der Waals surface area (Å²) >= 11 is 1.47. The topological polar surface area (TPSA) is 75.7 Å². The van der Waals surface area contributed by atoms with E-state index in [0.29, 0.717) is 42.3 Å². The Balaban J connectivity index is 1.39. The molecule has 6 nitrogen and oxygen atoms in total. The van der Waals surface area contributed by atoms with Gasteiger partial charge < -0.3 is 10.1 Å². The van der Waals surface area contributed by atoms with Crippen LogP contribution in [0.15, 0.2) is 35.2 Å². The Morgan fingerprint density at radius 2 is 2.00 bits per heavy atom. The average molecular weight is 407 g/mol. The summed E-state index contributed by atoms with van der Waals surface area (Å²) in [5, 5.41) is 3.03. The molecule has 8 heteroatoms. The second-order valence-electron chi connectivity index (χ2n) is 6.93. The Morgan fingerprint density at radius 3 is 2.70 bits per heavy atom. The van der Waals surface area contributed by atoms with Crippen molar-refractivity contribution < 1.29 is 17.9 Å². The molecule has 0 bridgehead atoms. The number of nitrogens with zero attached hydrogens (tertiary/aromatic N) is 1. The molecule has 0 atom stereocenters. The van der Waals surface area contributed by atoms with E-state index in [0.717, 1.165) is 22.6 Å². The van der Waals surface area contributed by atoms with Crippen LogP contribution < -0.4 is 10.1 Å². The molecule has 0 radical (unpaired) electrons. The van der Waals surface area contributed by atoms with Crippen LogP contribution in [0, 0.1) is 6.92 Å². The maximum atomic E-state index is 12.9. The standard InChI is InChI=1S/C19H22N2O4S2/c1-13-2-5-18(26-13)19(22)20-15-6-9-21(10-7-15)27(23,24)16-3-4-17-14(12-16)8-11-25-17/h2-5,12,15H,6-11H2,1H3,(H,20,22). The number of nitrogens with one attached hydrogen (secondary N) is 1. The lowest BCUT2D eigenvalue weighted by atomic mass is 10.1. The zero-order chi connectivity index (χ0) is 19.0. The largest absolute Gasteiger partial charge is 0.493 e. The van der Waals surface area contributed by atoms with E-state index in [1.807, 2.05) is 19.1 Å². The third kappa shape index (κ3) is 3.74. The smallest absolute Gasteiger partial charge is 0.261 e. The van der Waals surface area contributed by atoms with Gasteiger partial charge in [0.05, 0.1) is 16.4 Å². The van der Waals surface area contributed by atoms with Gasteiger partial charge in [-0.3, -0.25) is 4.79 Å². The normalized spacial score (nSPS) is 18.1. The van der Waals surface area contributed by atoms with Gasteiger partial charge in [-0.05, 0) is 55.7 Å². The van der Waals surface area contributed by atoms with Gasteiger partial charge in [-0.15, -0.1) is 11.3 Å². The van der Waals surface area contributed by atoms with Crippen LogP contribution in [0.25, 0.3) is 0 Å². The Bertz CT molecular complexity index is 960. The van der Waals surface area contributed by atoms with E-state index in [4.69, 9.17) is 4.74 Å². The molecule has 1 aromatic carbocycles. The number of rotatable bonds is 4. The minimum atomic E-state index is -3.52. The predicted molar refractivity (Wildman–Crippen MR) is 104 cm³/mol. The van der Waals surface area contributed by atoms with Crippen LogP contribution in [0.2, 0.25) is 0 Å². The number of ether oxygens (including phenoxy) is 1. The van der Waals surface area contributed by atoms with Crippen molar-refractivity contribution in [2.45, 2.75) is 37.1 Å². The van der Waals surface area contributed by atoms with Gasteiger partial charge in [0.2, 0.25) is 10.0 Å². The molecule has 27 heavy (non-hydrogen) atoms. The first-order valence-electron chi connectivity index (χ1n) is 9.07. The van der Waals surface area contributed by atoms with Crippen molar-refractivity contribution >= 4 is 27.3 Å². The zero-order valence-corrected chi connectivity index (χ0v) is 16.7. The summed E-state index contributed by atoms with van der Waals surface area (Å²) in [4.78, 5) is 14.4. The summed E-state index contributed by atoms with van der Waals surface area (Å²) < 4.78 is 32.8. The molecule has 0 saturated carbocycles. The summed E-state index contributed by atoms with van der Waals surface area (Å²) in [6, 6.07) is 8.84. The Labute approximate surface area is 163 Å². The van der Waals surface area contributed by atoms with Gasteiger partial charge in [-0.25, -0.2) is 8.42 Å². The van der Waals surface area contributed by atoms with Gasteiger partial charge in [-0.2, -0.15) is 4.31 Å². The van der Waals surface area contributed by atoms with Crippen LogP contribution in [0.1, 0.15) is 33.0 Å². The first-order valence-corrected chi connectivity index (χ1v) is 11.3. The first-order chi connectivity index (χ1) is 12.9. The van der Waals surface area contributed by atoms with Crippen molar-refractivity contribution in [2.75, 3.05) is 19.7 Å². The lowest BCUT2D eigenvalue weighted by Crippen LogP contribution is -2.46. The summed E-state index contributed by atoms with van der Waals surface area (Å²) in [5.74, 6) is 0.701. The quantitative estimate of drug-likeness (QED) is 0.847. The molecule has 1 saturated heterocycles. The summed E-state index contributed by atoms with van der Waals surface area (Å²) in [5.41, 5.74) is 0.949. The molecule has 144 valence electrons. The molecule has 1 aromatic heterocycles. The van der Waals surface area contributed by atoms with E-state index < -0.39 is 10.0 Å². The van der Waals surface area contributed by atoms with Crippen LogP contribution in [0.4, 0.5) is 0 Å². The first kappa shape index (κ1) is 18.5. The number of hydrogen-bond acceptors (Lipinski definition) is 5. The Hall–Kier alpha value is -1.90. The number of carbonyl (C=O) groups excluding carboxylic acids is 1. The average Bonchev–Trinajstić information content (AvgIpc) is 3.30. The van der Waals surface area contributed by atoms with Crippen molar-refractivity contribution in [1.82, 2.24) is 9.62 Å². The molecular formula is C19H22N2O4S2. The fraction of sp³-hybridized carbons (Fsp3) is 0.421. The van der Waals surface area contributed by atoms with E-state index in [-0.39, 0.29) is 11.9 Å². The number of benzene rings is 1. The fourth-order valence-electron chi connectivity index (χ4n) is 3.53. The molecule has 4 rings (SSSR count). The molecule has 0 aliphatic carbocycles. The molecule has 2 aliphatic rings. The number of piperidine rings is 1. The molecule has 1 amide bonds. The number of carbonyl (C=O) groups is 1. The van der Waals surface area contributed by atoms with Gasteiger partial charge in [0.15, 0.2) is 0 Å². The highest BCUT2D eigenvalue weighted by Crippen LogP contribution is 2.29. The van der Waals surface area contributed by atoms with Gasteiger partial charge in [0.1, 0.15) is 5.75 Å². The van der Waals surface area contributed by atoms with Crippen LogP contribution in [-0.2, 0) is 16.4 Å². The monoisotopic (exact) mass is 406 g/mol. The SMILES string of the molecule is Cc1ccc(C(=O)NC2CCN(S(=O)(=O)c3ccc4c(c3)CCO4)CC2)s1. The van der Waals surface area contributed by atoms with Crippen LogP contribution in [-0.4, -0.2) is 44.4 Å². The van der Waals surface area contributed by atoms with E-state index in [9.17, 15) is 13.2 Å². The summed E-state index contributed by atoms with van der Waals surface area (Å²) in [6.45, 7) is 3.39. The molecule has 1 fully saturated rings. The van der Waals surface area contributed by atoms with E-state index in [1.165, 1.54) is 15.6 Å². The fourth-order valence-corrected chi connectivity index (χ4v) is 5.82. The van der Waals surface area contributed by atoms with E-state index in [1.54, 1.807) is 18.2 Å². The molecule has 0 spiro atoms. The van der Waals surface area contributed by atoms with Gasteiger partial charge >= 0.3 is 0 Å². The van der Waals surface area contributed by atoms with Gasteiger partial charge in [0, 0.05) is 30.4 Å². The maximum Gasteiger partial charge on any atom is 0.261 e. The third-order valence-corrected chi connectivity index (χ3v) is 7.95. The minimum absolute atomic E-state index is 0.000207. The molecule has 2 aliphatic heterocycles. The van der Waals surface area contributed by atoms with Crippen molar-refractivity contribution in [3.8, 4) is 5.75 Å². The van der Waals surface area contributed by atoms with Crippen LogP contribution in [0.5, 0.6) is 5.75 Å². The summed E-state index contributed by atoms with van der Waals surface area (Å²) in [7, 11) is -3.52. The Kier molecular flexibility index (Phi) is 4.96. The zero-order valence-electron chi connectivity index (χ0n) is 15.1. The van der Waals surface area contributed by atoms with Crippen molar-refractivity contribution in [3.05, 3.63) is 45.6 Å². The lowest BCUT2D eigenvalue weighted by Gasteiger charge is -2.31. The third-order valence-electron chi connectivity index (χ3n) is 5.05. The van der Waals surface area contributed by atoms with E-state index >= 15 is 0 Å². The highest BCUT2D eigenvalue weighted by Gasteiger charge is 2.31. The molecular weight excluding hydrogens is 384 g/mol. The number of sulfonamides is 1. The molecule has 0 unspecified atom stereocenters. The van der Waals surface area contributed by atoms with Crippen molar-refractivity contribution in [3.63, 3.8) is 0 Å². The maximum absolute atomic E-state index is 12.9. The highest BCUT2D eigenvalue weighted by molar-refractivity contribution is 7.89. The predicted octanol–water partition coefficient (Wildman–Crippen LogP) is 2.57. The van der Waals surface area contributed by atoms with Crippen LogP contribution in [0.3, 0.4) is 0 Å². The minimum Gasteiger partial charge on any atom is -0.493 e. The second kappa shape index (κ2) is 7.26. The van der Waals surface area contributed by atoms with E-state index in [2.05, 4.69) is 5.32 Å². The number of fused-ring (bicyclic) bond motifs is 1. The number of thiophene rings is 1. The molecule has 2 aromatic rings. The number of amides is 1. The van der Waals surface area contributed by atoms with Gasteiger partial charge in [0.25, 0.3) is 5.91 Å². The van der Waals surface area contributed by atoms with Crippen molar-refractivity contribution in [2.24, 2.45) is 0 Å². The lowest BCUT2D eigenvalue weighted by molar-refractivity contribution is 0.0928. The van der Waals surface area contributed by atoms with Crippen LogP contribution >= 0.6 is 11.3 Å². The Morgan fingerprint density at radius 1 is 1.22 bits per heavy atom. The molecule has 3 heterocycles. The summed E-state index contributed by atoms with van der Waals surface area (Å²) in [6.07, 6.45) is 1.97. The molecule has 1 N–H and O–H groups in total. The number of aryl methyl sites for hydroxylation is 1. The second-order valence-corrected chi connectivity index (χ2v) is 10.2.